The Kier molecular flexibility index (Phi) is 4.20. The zero-order valence-corrected chi connectivity index (χ0v) is 4.66. The second kappa shape index (κ2) is 4.89. The Morgan fingerprint density at radius 2 is 2.33 bits per heavy atom. The van der Waals surface area contributed by atoms with E-state index in [1.54, 1.807) is 0 Å². The maximum absolute atomic E-state index is 10.2. The van der Waals surface area contributed by atoms with Crippen molar-refractivity contribution in [3.63, 3.8) is 0 Å². The maximum atomic E-state index is 10.2. The van der Waals surface area contributed by atoms with Crippen LogP contribution in [-0.2, 0) is 9.59 Å². The Bertz CT molecular complexity index is 123. The van der Waals surface area contributed by atoms with Crippen molar-refractivity contribution < 1.29 is 9.59 Å². The van der Waals surface area contributed by atoms with Gasteiger partial charge in [-0.2, -0.15) is 4.91 Å². The van der Waals surface area contributed by atoms with Gasteiger partial charge in [0.15, 0.2) is 6.54 Å². The molecule has 0 fully saturated rings. The lowest BCUT2D eigenvalue weighted by Gasteiger charge is -1.91. The van der Waals surface area contributed by atoms with Crippen LogP contribution in [0.2, 0.25) is 0 Å². The van der Waals surface area contributed by atoms with Crippen LogP contribution in [0.25, 0.3) is 0 Å². The fourth-order valence-electron chi connectivity index (χ4n) is 0.270. The lowest BCUT2D eigenvalue weighted by Crippen LogP contribution is -2.26. The molecule has 0 radical (unpaired) electrons. The third-order valence-electron chi connectivity index (χ3n) is 0.591. The van der Waals surface area contributed by atoms with Crippen LogP contribution in [0.15, 0.2) is 5.18 Å². The summed E-state index contributed by atoms with van der Waals surface area (Å²) in [7, 11) is 0. The molecule has 0 aliphatic rings. The Balaban J connectivity index is 3.26. The summed E-state index contributed by atoms with van der Waals surface area (Å²) in [6.07, 6.45) is 0.530. The summed E-state index contributed by atoms with van der Waals surface area (Å²) >= 11 is 0. The number of hydrogen-bond acceptors (Lipinski definition) is 4. The van der Waals surface area contributed by atoms with Crippen molar-refractivity contribution >= 4 is 12.2 Å². The van der Waals surface area contributed by atoms with Crippen LogP contribution >= 0.6 is 0 Å². The average molecular weight is 130 g/mol. The van der Waals surface area contributed by atoms with Gasteiger partial charge in [0.1, 0.15) is 6.29 Å². The summed E-state index contributed by atoms with van der Waals surface area (Å²) in [4.78, 5) is 29.2. The highest BCUT2D eigenvalue weighted by Gasteiger charge is 1.96. The first-order valence-electron chi connectivity index (χ1n) is 2.30. The number of carbonyl (C=O) groups is 2. The van der Waals surface area contributed by atoms with Crippen molar-refractivity contribution in [2.75, 3.05) is 13.1 Å². The largest absolute Gasteiger partial charge is 0.348 e. The van der Waals surface area contributed by atoms with E-state index in [4.69, 9.17) is 0 Å². The number of aldehydes is 1. The van der Waals surface area contributed by atoms with Gasteiger partial charge in [0, 0.05) is 0 Å². The van der Waals surface area contributed by atoms with Gasteiger partial charge in [-0.05, 0) is 0 Å². The van der Waals surface area contributed by atoms with Gasteiger partial charge < -0.3 is 10.1 Å². The molecule has 0 spiro atoms. The van der Waals surface area contributed by atoms with Crippen LogP contribution in [-0.4, -0.2) is 25.3 Å². The van der Waals surface area contributed by atoms with Gasteiger partial charge in [-0.25, -0.2) is 0 Å². The molecule has 50 valence electrons. The summed E-state index contributed by atoms with van der Waals surface area (Å²) in [6.45, 7) is -0.484. The van der Waals surface area contributed by atoms with Crippen LogP contribution in [0.4, 0.5) is 0 Å². The molecule has 0 aromatic rings. The molecule has 0 heterocycles. The third-order valence-corrected chi connectivity index (χ3v) is 0.591. The van der Waals surface area contributed by atoms with Crippen molar-refractivity contribution in [1.29, 1.82) is 0 Å². The molecule has 0 aliphatic carbocycles. The molecule has 0 aliphatic heterocycles. The molecule has 0 atom stereocenters. The van der Waals surface area contributed by atoms with E-state index in [1.165, 1.54) is 0 Å². The minimum Gasteiger partial charge on any atom is -0.348 e. The number of nitrogens with zero attached hydrogens (tertiary/aromatic N) is 1. The molecule has 0 unspecified atom stereocenters. The van der Waals surface area contributed by atoms with Gasteiger partial charge in [-0.3, -0.25) is 4.79 Å². The first-order valence-corrected chi connectivity index (χ1v) is 2.30. The molecule has 1 amide bonds. The molecule has 5 nitrogen and oxygen atoms in total. The SMILES string of the molecule is O=CCNC(=O)CN=O. The number of nitrogens with one attached hydrogen (secondary N) is 1. The van der Waals surface area contributed by atoms with E-state index in [-0.39, 0.29) is 6.54 Å². The van der Waals surface area contributed by atoms with Crippen LogP contribution in [0.3, 0.4) is 0 Å². The molecule has 9 heavy (non-hydrogen) atoms. The molecule has 5 heteroatoms. The minimum atomic E-state index is -0.530. The summed E-state index contributed by atoms with van der Waals surface area (Å²) < 4.78 is 0. The van der Waals surface area contributed by atoms with E-state index in [0.717, 1.165) is 0 Å². The molecular weight excluding hydrogens is 124 g/mol. The van der Waals surface area contributed by atoms with Gasteiger partial charge in [-0.15, -0.1) is 0 Å². The second-order valence-corrected chi connectivity index (χ2v) is 1.26. The normalized spacial score (nSPS) is 8.00. The van der Waals surface area contributed by atoms with E-state index in [2.05, 4.69) is 10.5 Å². The van der Waals surface area contributed by atoms with E-state index in [1.807, 2.05) is 0 Å². The van der Waals surface area contributed by atoms with Crippen LogP contribution in [0, 0.1) is 4.91 Å². The topological polar surface area (TPSA) is 75.6 Å². The van der Waals surface area contributed by atoms with E-state index in [0.29, 0.717) is 6.29 Å². The molecule has 0 aromatic carbocycles. The summed E-state index contributed by atoms with van der Waals surface area (Å²) in [5.74, 6) is -0.530. The third kappa shape index (κ3) is 4.60. The zero-order chi connectivity index (χ0) is 7.11. The van der Waals surface area contributed by atoms with Gasteiger partial charge in [-0.1, -0.05) is 5.18 Å². The summed E-state index contributed by atoms with van der Waals surface area (Å²) in [5.41, 5.74) is 0. The molecule has 0 saturated heterocycles. The molecule has 0 bridgehead atoms. The first kappa shape index (κ1) is 7.74. The van der Waals surface area contributed by atoms with E-state index < -0.39 is 12.5 Å². The number of hydrogen-bond donors (Lipinski definition) is 1. The van der Waals surface area contributed by atoms with E-state index in [9.17, 15) is 14.5 Å². The average Bonchev–Trinajstić information content (AvgIpc) is 1.85. The van der Waals surface area contributed by atoms with Crippen molar-refractivity contribution in [1.82, 2.24) is 5.32 Å². The Labute approximate surface area is 51.4 Å². The highest BCUT2D eigenvalue weighted by atomic mass is 16.3. The molecule has 0 saturated carbocycles. The standard InChI is InChI=1S/C4H6N2O3/c7-2-1-5-4(8)3-6-9/h2H,1,3H2,(H,5,8). The number of amides is 1. The van der Waals surface area contributed by atoms with Gasteiger partial charge in [0.25, 0.3) is 0 Å². The lowest BCUT2D eigenvalue weighted by atomic mass is 10.6. The van der Waals surface area contributed by atoms with E-state index >= 15 is 0 Å². The van der Waals surface area contributed by atoms with Crippen LogP contribution in [0.5, 0.6) is 0 Å². The zero-order valence-electron chi connectivity index (χ0n) is 4.66. The fourth-order valence-corrected chi connectivity index (χ4v) is 0.270. The fraction of sp³-hybridized carbons (Fsp3) is 0.500. The Hall–Kier alpha value is -1.26. The summed E-state index contributed by atoms with van der Waals surface area (Å²) in [5, 5.41) is 4.44. The smallest absolute Gasteiger partial charge is 0.245 e. The number of carbonyl (C=O) groups excluding carboxylic acids is 2. The highest BCUT2D eigenvalue weighted by Crippen LogP contribution is 1.65. The molecular formula is C4H6N2O3. The number of nitroso groups, excluding NO2 is 1. The minimum absolute atomic E-state index is 0.0612. The monoisotopic (exact) mass is 130 g/mol. The maximum Gasteiger partial charge on any atom is 0.245 e. The Morgan fingerprint density at radius 3 is 2.78 bits per heavy atom. The highest BCUT2D eigenvalue weighted by molar-refractivity contribution is 5.80. The van der Waals surface area contributed by atoms with Gasteiger partial charge in [0.2, 0.25) is 5.91 Å². The predicted molar refractivity (Wildman–Crippen MR) is 29.7 cm³/mol. The van der Waals surface area contributed by atoms with Gasteiger partial charge >= 0.3 is 0 Å². The predicted octanol–water partition coefficient (Wildman–Crippen LogP) is -0.932. The van der Waals surface area contributed by atoms with Crippen molar-refractivity contribution in [2.24, 2.45) is 5.18 Å². The van der Waals surface area contributed by atoms with Crippen molar-refractivity contribution in [2.45, 2.75) is 0 Å². The summed E-state index contributed by atoms with van der Waals surface area (Å²) in [6, 6.07) is 0. The Morgan fingerprint density at radius 1 is 1.67 bits per heavy atom. The first-order chi connectivity index (χ1) is 4.31. The van der Waals surface area contributed by atoms with Crippen molar-refractivity contribution in [3.05, 3.63) is 4.91 Å². The molecule has 1 N–H and O–H groups in total. The van der Waals surface area contributed by atoms with Crippen LogP contribution < -0.4 is 5.32 Å². The number of rotatable bonds is 4. The van der Waals surface area contributed by atoms with Crippen molar-refractivity contribution in [3.8, 4) is 0 Å². The van der Waals surface area contributed by atoms with Crippen LogP contribution in [0.1, 0.15) is 0 Å². The van der Waals surface area contributed by atoms with Gasteiger partial charge in [0.05, 0.1) is 6.54 Å². The quantitative estimate of drug-likeness (QED) is 0.394. The second-order valence-electron chi connectivity index (χ2n) is 1.26. The lowest BCUT2D eigenvalue weighted by molar-refractivity contribution is -0.121. The molecule has 0 aromatic heterocycles. The molecule has 0 rings (SSSR count).